The SMILES string of the molecule is C[C@@H]1CN(S(=O)(=O)NCc2ccccc2S(=O)(=O)N2CCOCC2)C[C@H](C)O1. The van der Waals surface area contributed by atoms with Gasteiger partial charge >= 0.3 is 0 Å². The number of rotatable bonds is 6. The Morgan fingerprint density at radius 1 is 1.00 bits per heavy atom. The molecule has 2 aliphatic rings. The average Bonchev–Trinajstić information content (AvgIpc) is 2.66. The highest BCUT2D eigenvalue weighted by molar-refractivity contribution is 7.89. The van der Waals surface area contributed by atoms with E-state index in [4.69, 9.17) is 9.47 Å². The standard InChI is InChI=1S/C17H27N3O6S2/c1-14-12-20(13-15(2)26-14)28(23,24)18-11-16-5-3-4-6-17(16)27(21,22)19-7-9-25-10-8-19/h3-6,14-15,18H,7-13H2,1-2H3/t14-,15+. The van der Waals surface area contributed by atoms with Crippen LogP contribution in [0.25, 0.3) is 0 Å². The minimum Gasteiger partial charge on any atom is -0.379 e. The van der Waals surface area contributed by atoms with Crippen LogP contribution < -0.4 is 4.72 Å². The lowest BCUT2D eigenvalue weighted by molar-refractivity contribution is -0.0444. The van der Waals surface area contributed by atoms with Gasteiger partial charge in [-0.2, -0.15) is 21.8 Å². The number of ether oxygens (including phenoxy) is 2. The van der Waals surface area contributed by atoms with Gasteiger partial charge in [-0.1, -0.05) is 18.2 Å². The maximum atomic E-state index is 13.0. The molecule has 3 rings (SSSR count). The van der Waals surface area contributed by atoms with Crippen LogP contribution in [0.15, 0.2) is 29.2 Å². The zero-order valence-corrected chi connectivity index (χ0v) is 17.7. The molecule has 28 heavy (non-hydrogen) atoms. The molecule has 0 saturated carbocycles. The largest absolute Gasteiger partial charge is 0.379 e. The Labute approximate surface area is 166 Å². The molecule has 2 fully saturated rings. The van der Waals surface area contributed by atoms with Crippen LogP contribution in [0.1, 0.15) is 19.4 Å². The van der Waals surface area contributed by atoms with E-state index in [0.29, 0.717) is 18.8 Å². The minimum atomic E-state index is -3.76. The molecule has 0 unspecified atom stereocenters. The van der Waals surface area contributed by atoms with Crippen LogP contribution in [0.2, 0.25) is 0 Å². The summed E-state index contributed by atoms with van der Waals surface area (Å²) < 4.78 is 67.4. The van der Waals surface area contributed by atoms with Crippen molar-refractivity contribution < 1.29 is 26.3 Å². The first-order valence-electron chi connectivity index (χ1n) is 9.26. The molecule has 2 heterocycles. The summed E-state index contributed by atoms with van der Waals surface area (Å²) in [7, 11) is -7.48. The molecular formula is C17H27N3O6S2. The van der Waals surface area contributed by atoms with Crippen molar-refractivity contribution in [2.24, 2.45) is 0 Å². The molecule has 9 nitrogen and oxygen atoms in total. The fraction of sp³-hybridized carbons (Fsp3) is 0.647. The van der Waals surface area contributed by atoms with Gasteiger partial charge in [-0.05, 0) is 25.5 Å². The van der Waals surface area contributed by atoms with Gasteiger partial charge < -0.3 is 9.47 Å². The quantitative estimate of drug-likeness (QED) is 0.685. The monoisotopic (exact) mass is 433 g/mol. The second-order valence-electron chi connectivity index (χ2n) is 7.02. The fourth-order valence-electron chi connectivity index (χ4n) is 3.41. The van der Waals surface area contributed by atoms with Gasteiger partial charge in [-0.25, -0.2) is 8.42 Å². The highest BCUT2D eigenvalue weighted by Crippen LogP contribution is 2.22. The van der Waals surface area contributed by atoms with Crippen molar-refractivity contribution in [2.75, 3.05) is 39.4 Å². The number of hydrogen-bond donors (Lipinski definition) is 1. The third-order valence-electron chi connectivity index (χ3n) is 4.73. The van der Waals surface area contributed by atoms with E-state index < -0.39 is 20.2 Å². The lowest BCUT2D eigenvalue weighted by Gasteiger charge is -2.34. The zero-order valence-electron chi connectivity index (χ0n) is 16.1. The van der Waals surface area contributed by atoms with Crippen molar-refractivity contribution in [3.63, 3.8) is 0 Å². The number of sulfonamides is 1. The summed E-state index contributed by atoms with van der Waals surface area (Å²) in [5, 5.41) is 0. The summed E-state index contributed by atoms with van der Waals surface area (Å²) in [4.78, 5) is 0.114. The summed E-state index contributed by atoms with van der Waals surface area (Å²) in [6.07, 6.45) is -0.399. The van der Waals surface area contributed by atoms with Crippen LogP contribution in [0.4, 0.5) is 0 Å². The van der Waals surface area contributed by atoms with E-state index in [0.717, 1.165) is 0 Å². The molecule has 0 radical (unpaired) electrons. The predicted molar refractivity (Wildman–Crippen MR) is 103 cm³/mol. The molecule has 2 atom stereocenters. The fourth-order valence-corrected chi connectivity index (χ4v) is 6.38. The number of benzene rings is 1. The van der Waals surface area contributed by atoms with Crippen LogP contribution in [0.3, 0.4) is 0 Å². The van der Waals surface area contributed by atoms with Crippen molar-refractivity contribution in [2.45, 2.75) is 37.5 Å². The van der Waals surface area contributed by atoms with E-state index in [9.17, 15) is 16.8 Å². The van der Waals surface area contributed by atoms with E-state index >= 15 is 0 Å². The Hall–Kier alpha value is -1.08. The smallest absolute Gasteiger partial charge is 0.279 e. The first-order valence-corrected chi connectivity index (χ1v) is 12.1. The third-order valence-corrected chi connectivity index (χ3v) is 8.22. The molecule has 158 valence electrons. The van der Waals surface area contributed by atoms with Crippen molar-refractivity contribution in [3.8, 4) is 0 Å². The Morgan fingerprint density at radius 2 is 1.61 bits per heavy atom. The van der Waals surface area contributed by atoms with Gasteiger partial charge in [0.2, 0.25) is 10.0 Å². The van der Waals surface area contributed by atoms with Crippen LogP contribution in [0, 0.1) is 0 Å². The minimum absolute atomic E-state index is 0.109. The Bertz CT molecular complexity index is 874. The molecule has 2 aliphatic heterocycles. The Morgan fingerprint density at radius 3 is 2.25 bits per heavy atom. The average molecular weight is 434 g/mol. The maximum Gasteiger partial charge on any atom is 0.279 e. The van der Waals surface area contributed by atoms with Gasteiger partial charge in [0.15, 0.2) is 0 Å². The lowest BCUT2D eigenvalue weighted by atomic mass is 10.2. The number of hydrogen-bond acceptors (Lipinski definition) is 6. The van der Waals surface area contributed by atoms with Gasteiger partial charge in [0.25, 0.3) is 10.2 Å². The Balaban J connectivity index is 1.76. The number of nitrogens with zero attached hydrogens (tertiary/aromatic N) is 2. The van der Waals surface area contributed by atoms with E-state index in [1.165, 1.54) is 14.7 Å². The topological polar surface area (TPSA) is 105 Å². The molecular weight excluding hydrogens is 406 g/mol. The molecule has 0 spiro atoms. The third kappa shape index (κ3) is 4.90. The maximum absolute atomic E-state index is 13.0. The molecule has 0 aromatic heterocycles. The normalized spacial score (nSPS) is 25.6. The molecule has 0 amide bonds. The van der Waals surface area contributed by atoms with Crippen LogP contribution in [-0.2, 0) is 36.3 Å². The van der Waals surface area contributed by atoms with E-state index in [1.54, 1.807) is 18.2 Å². The van der Waals surface area contributed by atoms with Crippen molar-refractivity contribution >= 4 is 20.2 Å². The van der Waals surface area contributed by atoms with Gasteiger partial charge in [-0.15, -0.1) is 0 Å². The summed E-state index contributed by atoms with van der Waals surface area (Å²) in [5.74, 6) is 0. The first-order chi connectivity index (χ1) is 13.2. The first kappa shape index (κ1) is 21.6. The van der Waals surface area contributed by atoms with E-state index in [1.807, 2.05) is 13.8 Å². The Kier molecular flexibility index (Phi) is 6.75. The molecule has 2 saturated heterocycles. The summed E-state index contributed by atoms with van der Waals surface area (Å²) >= 11 is 0. The zero-order chi connectivity index (χ0) is 20.4. The summed E-state index contributed by atoms with van der Waals surface area (Å²) in [6, 6.07) is 6.46. The molecule has 0 bridgehead atoms. The van der Waals surface area contributed by atoms with E-state index in [2.05, 4.69) is 4.72 Å². The molecule has 1 aromatic carbocycles. The molecule has 11 heteroatoms. The van der Waals surface area contributed by atoms with Crippen molar-refractivity contribution in [1.29, 1.82) is 0 Å². The second kappa shape index (κ2) is 8.74. The van der Waals surface area contributed by atoms with Crippen LogP contribution in [-0.4, -0.2) is 77.0 Å². The van der Waals surface area contributed by atoms with Gasteiger partial charge in [0.1, 0.15) is 0 Å². The number of nitrogens with one attached hydrogen (secondary N) is 1. The van der Waals surface area contributed by atoms with Gasteiger partial charge in [-0.3, -0.25) is 0 Å². The highest BCUT2D eigenvalue weighted by atomic mass is 32.2. The van der Waals surface area contributed by atoms with Gasteiger partial charge in [0, 0.05) is 32.7 Å². The van der Waals surface area contributed by atoms with Crippen molar-refractivity contribution in [3.05, 3.63) is 29.8 Å². The van der Waals surface area contributed by atoms with Crippen LogP contribution in [0.5, 0.6) is 0 Å². The summed E-state index contributed by atoms with van der Waals surface area (Å²) in [5.41, 5.74) is 0.409. The molecule has 0 aliphatic carbocycles. The van der Waals surface area contributed by atoms with E-state index in [-0.39, 0.29) is 49.8 Å². The van der Waals surface area contributed by atoms with Crippen molar-refractivity contribution in [1.82, 2.24) is 13.3 Å². The highest BCUT2D eigenvalue weighted by Gasteiger charge is 2.32. The summed E-state index contributed by atoms with van der Waals surface area (Å²) in [6.45, 7) is 5.31. The second-order valence-corrected chi connectivity index (χ2v) is 10.7. The predicted octanol–water partition coefficient (Wildman–Crippen LogP) is 0.151. The molecule has 1 N–H and O–H groups in total. The van der Waals surface area contributed by atoms with Crippen LogP contribution >= 0.6 is 0 Å². The lowest BCUT2D eigenvalue weighted by Crippen LogP contribution is -2.51. The number of morpholine rings is 2. The van der Waals surface area contributed by atoms with Gasteiger partial charge in [0.05, 0.1) is 30.3 Å². The molecule has 1 aromatic rings.